The molecule has 2 aromatic carbocycles. The van der Waals surface area contributed by atoms with Gasteiger partial charge in [0.25, 0.3) is 5.69 Å². The molecule has 0 amide bonds. The van der Waals surface area contributed by atoms with E-state index in [0.717, 1.165) is 5.56 Å². The average Bonchev–Trinajstić information content (AvgIpc) is 2.38. The summed E-state index contributed by atoms with van der Waals surface area (Å²) in [5, 5.41) is 10.5. The van der Waals surface area contributed by atoms with Crippen LogP contribution < -0.4 is 0 Å². The molecule has 0 saturated carbocycles. The van der Waals surface area contributed by atoms with Gasteiger partial charge < -0.3 is 0 Å². The minimum atomic E-state index is -0.441. The summed E-state index contributed by atoms with van der Waals surface area (Å²) < 4.78 is 13.8. The minimum Gasteiger partial charge on any atom is -0.258 e. The third kappa shape index (κ3) is 3.46. The van der Waals surface area contributed by atoms with Crippen molar-refractivity contribution in [2.45, 2.75) is 11.8 Å². The van der Waals surface area contributed by atoms with Crippen molar-refractivity contribution < 1.29 is 9.31 Å². The molecule has 0 bridgehead atoms. The van der Waals surface area contributed by atoms with Crippen molar-refractivity contribution in [2.24, 2.45) is 0 Å². The Morgan fingerprint density at radius 3 is 2.65 bits per heavy atom. The lowest BCUT2D eigenvalue weighted by Gasteiger charge is -2.12. The number of halogens is 3. The van der Waals surface area contributed by atoms with Gasteiger partial charge in [-0.25, -0.2) is 4.39 Å². The second-order valence-electron chi connectivity index (χ2n) is 4.22. The first-order valence-electron chi connectivity index (χ1n) is 5.80. The number of nitro benzene ring substituents is 1. The Hall–Kier alpha value is -1.21. The maximum atomic E-state index is 13.1. The van der Waals surface area contributed by atoms with Gasteiger partial charge in [-0.15, -0.1) is 11.6 Å². The van der Waals surface area contributed by atoms with Crippen LogP contribution in [0.25, 0.3) is 0 Å². The van der Waals surface area contributed by atoms with Crippen molar-refractivity contribution in [3.8, 4) is 0 Å². The number of benzene rings is 2. The smallest absolute Gasteiger partial charge is 0.258 e. The molecule has 0 aromatic heterocycles. The van der Waals surface area contributed by atoms with Crippen LogP contribution in [0.1, 0.15) is 16.5 Å². The van der Waals surface area contributed by atoms with Crippen molar-refractivity contribution in [2.75, 3.05) is 0 Å². The summed E-state index contributed by atoms with van der Waals surface area (Å²) in [6.45, 7) is 0. The molecule has 0 aliphatic rings. The molecule has 0 saturated heterocycles. The Balaban J connectivity index is 2.28. The number of nitro groups is 1. The molecule has 20 heavy (non-hydrogen) atoms. The van der Waals surface area contributed by atoms with Crippen LogP contribution in [0.15, 0.2) is 42.5 Å². The highest BCUT2D eigenvalue weighted by Gasteiger charge is 2.18. The number of rotatable bonds is 4. The van der Waals surface area contributed by atoms with E-state index in [0.29, 0.717) is 15.6 Å². The van der Waals surface area contributed by atoms with E-state index in [-0.39, 0.29) is 11.5 Å². The molecular weight excluding hydrogens is 396 g/mol. The van der Waals surface area contributed by atoms with Gasteiger partial charge in [-0.2, -0.15) is 0 Å². The van der Waals surface area contributed by atoms with Crippen LogP contribution in [0.4, 0.5) is 10.1 Å². The molecule has 0 N–H and O–H groups in total. The summed E-state index contributed by atoms with van der Waals surface area (Å²) in [4.78, 5) is 10.5. The predicted octanol–water partition coefficient (Wildman–Crippen LogP) is 4.86. The van der Waals surface area contributed by atoms with Gasteiger partial charge in [0, 0.05) is 15.2 Å². The summed E-state index contributed by atoms with van der Waals surface area (Å²) in [7, 11) is 0. The van der Waals surface area contributed by atoms with Gasteiger partial charge in [-0.1, -0.05) is 24.3 Å². The molecule has 104 valence electrons. The fraction of sp³-hybridized carbons (Fsp3) is 0.143. The number of para-hydroxylation sites is 1. The van der Waals surface area contributed by atoms with Crippen molar-refractivity contribution in [3.05, 3.63) is 73.1 Å². The van der Waals surface area contributed by atoms with Gasteiger partial charge in [0.1, 0.15) is 5.82 Å². The van der Waals surface area contributed by atoms with Gasteiger partial charge in [0.2, 0.25) is 0 Å². The first-order valence-corrected chi connectivity index (χ1v) is 7.32. The maximum absolute atomic E-state index is 13.1. The first-order chi connectivity index (χ1) is 9.49. The number of hydrogen-bond donors (Lipinski definition) is 0. The summed E-state index contributed by atoms with van der Waals surface area (Å²) >= 11 is 8.33. The highest BCUT2D eigenvalue weighted by atomic mass is 127. The number of hydrogen-bond acceptors (Lipinski definition) is 2. The lowest BCUT2D eigenvalue weighted by atomic mass is 10.0. The Labute approximate surface area is 134 Å². The number of alkyl halides is 1. The van der Waals surface area contributed by atoms with Crippen LogP contribution in [0, 0.1) is 19.5 Å². The monoisotopic (exact) mass is 405 g/mol. The van der Waals surface area contributed by atoms with Crippen LogP contribution in [0.3, 0.4) is 0 Å². The Kier molecular flexibility index (Phi) is 4.93. The molecule has 0 radical (unpaired) electrons. The van der Waals surface area contributed by atoms with Crippen molar-refractivity contribution in [3.63, 3.8) is 0 Å². The molecule has 0 aliphatic carbocycles. The van der Waals surface area contributed by atoms with Crippen LogP contribution in [0.5, 0.6) is 0 Å². The second kappa shape index (κ2) is 6.49. The Bertz CT molecular complexity index is 651. The third-order valence-electron chi connectivity index (χ3n) is 2.89. The van der Waals surface area contributed by atoms with E-state index >= 15 is 0 Å². The van der Waals surface area contributed by atoms with Gasteiger partial charge in [0.15, 0.2) is 0 Å². The highest BCUT2D eigenvalue weighted by Crippen LogP contribution is 2.32. The molecule has 0 heterocycles. The predicted molar refractivity (Wildman–Crippen MR) is 84.5 cm³/mol. The zero-order valence-electron chi connectivity index (χ0n) is 10.2. The highest BCUT2D eigenvalue weighted by molar-refractivity contribution is 14.1. The quantitative estimate of drug-likeness (QED) is 0.315. The molecule has 0 fully saturated rings. The van der Waals surface area contributed by atoms with Crippen LogP contribution in [0.2, 0.25) is 0 Å². The van der Waals surface area contributed by atoms with E-state index in [2.05, 4.69) is 0 Å². The van der Waals surface area contributed by atoms with Crippen LogP contribution >= 0.6 is 34.2 Å². The van der Waals surface area contributed by atoms with E-state index in [1.54, 1.807) is 24.3 Å². The van der Waals surface area contributed by atoms with Crippen molar-refractivity contribution in [1.29, 1.82) is 0 Å². The SMILES string of the molecule is O=[N+]([O-])c1ccccc1CC(Cl)c1ccc(F)cc1I. The fourth-order valence-electron chi connectivity index (χ4n) is 1.92. The summed E-state index contributed by atoms with van der Waals surface area (Å²) in [5.41, 5.74) is 1.39. The molecule has 1 atom stereocenters. The summed E-state index contributed by atoms with van der Waals surface area (Å²) in [6, 6.07) is 10.8. The molecular formula is C14H10ClFINO2. The molecule has 0 spiro atoms. The summed E-state index contributed by atoms with van der Waals surface area (Å²) in [5.74, 6) is -0.326. The first kappa shape index (κ1) is 15.2. The molecule has 3 nitrogen and oxygen atoms in total. The third-order valence-corrected chi connectivity index (χ3v) is 4.21. The van der Waals surface area contributed by atoms with Crippen molar-refractivity contribution >= 4 is 39.9 Å². The number of nitrogens with zero attached hydrogens (tertiary/aromatic N) is 1. The standard InChI is InChI=1S/C14H10ClFINO2/c15-12(11-6-5-10(16)8-13(11)17)7-9-3-1-2-4-14(9)18(19)20/h1-6,8,12H,7H2. The topological polar surface area (TPSA) is 43.1 Å². The largest absolute Gasteiger partial charge is 0.272 e. The van der Waals surface area contributed by atoms with Gasteiger partial charge >= 0.3 is 0 Å². The zero-order chi connectivity index (χ0) is 14.7. The van der Waals surface area contributed by atoms with E-state index < -0.39 is 10.3 Å². The molecule has 2 aromatic rings. The molecule has 6 heteroatoms. The lowest BCUT2D eigenvalue weighted by molar-refractivity contribution is -0.385. The molecule has 2 rings (SSSR count). The maximum Gasteiger partial charge on any atom is 0.272 e. The van der Waals surface area contributed by atoms with E-state index in [1.165, 1.54) is 18.2 Å². The van der Waals surface area contributed by atoms with Gasteiger partial charge in [-0.05, 0) is 46.7 Å². The average molecular weight is 406 g/mol. The van der Waals surface area contributed by atoms with E-state index in [1.807, 2.05) is 22.6 Å². The second-order valence-corrected chi connectivity index (χ2v) is 5.91. The van der Waals surface area contributed by atoms with Crippen LogP contribution in [-0.2, 0) is 6.42 Å². The van der Waals surface area contributed by atoms with Gasteiger partial charge in [-0.3, -0.25) is 10.1 Å². The van der Waals surface area contributed by atoms with Crippen LogP contribution in [-0.4, -0.2) is 4.92 Å². The normalized spacial score (nSPS) is 12.2. The molecule has 1 unspecified atom stereocenters. The van der Waals surface area contributed by atoms with E-state index in [9.17, 15) is 14.5 Å². The van der Waals surface area contributed by atoms with Gasteiger partial charge in [0.05, 0.1) is 10.3 Å². The summed E-state index contributed by atoms with van der Waals surface area (Å²) in [6.07, 6.45) is 0.320. The molecule has 0 aliphatic heterocycles. The zero-order valence-corrected chi connectivity index (χ0v) is 13.1. The fourth-order valence-corrected chi connectivity index (χ4v) is 3.31. The lowest BCUT2D eigenvalue weighted by Crippen LogP contribution is -2.02. The van der Waals surface area contributed by atoms with Crippen molar-refractivity contribution in [1.82, 2.24) is 0 Å². The minimum absolute atomic E-state index is 0.0512. The Morgan fingerprint density at radius 1 is 1.30 bits per heavy atom. The van der Waals surface area contributed by atoms with E-state index in [4.69, 9.17) is 11.6 Å². The Morgan fingerprint density at radius 2 is 2.00 bits per heavy atom.